The first-order chi connectivity index (χ1) is 9.49. The Bertz CT molecular complexity index is 530. The van der Waals surface area contributed by atoms with Crippen molar-refractivity contribution >= 4 is 5.91 Å². The smallest absolute Gasteiger partial charge is 0.254 e. The number of carbonyl (C=O) groups is 1. The number of nitrogens with zero attached hydrogens (tertiary/aromatic N) is 2. The van der Waals surface area contributed by atoms with Crippen LogP contribution < -0.4 is 10.9 Å². The van der Waals surface area contributed by atoms with Gasteiger partial charge in [-0.1, -0.05) is 0 Å². The maximum atomic E-state index is 12.6. The minimum atomic E-state index is -0.154. The Morgan fingerprint density at radius 2 is 2.30 bits per heavy atom. The Morgan fingerprint density at radius 3 is 2.85 bits per heavy atom. The van der Waals surface area contributed by atoms with E-state index in [-0.39, 0.29) is 17.5 Å². The van der Waals surface area contributed by atoms with Gasteiger partial charge in [-0.25, -0.2) is 0 Å². The SMILES string of the molecule is CC(C)N(CC1CCCN1)C(=O)c1ccn(C)c(=O)c1. The Morgan fingerprint density at radius 1 is 1.55 bits per heavy atom. The molecule has 2 rings (SSSR count). The van der Waals surface area contributed by atoms with Crippen molar-refractivity contribution in [2.75, 3.05) is 13.1 Å². The van der Waals surface area contributed by atoms with Crippen molar-refractivity contribution in [2.24, 2.45) is 7.05 Å². The largest absolute Gasteiger partial charge is 0.335 e. The first-order valence-electron chi connectivity index (χ1n) is 7.20. The number of hydrogen-bond acceptors (Lipinski definition) is 3. The van der Waals surface area contributed by atoms with Gasteiger partial charge in [-0.15, -0.1) is 0 Å². The molecule has 1 N–H and O–H groups in total. The van der Waals surface area contributed by atoms with E-state index >= 15 is 0 Å². The summed E-state index contributed by atoms with van der Waals surface area (Å²) < 4.78 is 1.47. The Hall–Kier alpha value is -1.62. The van der Waals surface area contributed by atoms with Gasteiger partial charge in [0.1, 0.15) is 0 Å². The van der Waals surface area contributed by atoms with Crippen molar-refractivity contribution in [3.05, 3.63) is 34.2 Å². The molecule has 1 aromatic rings. The first-order valence-corrected chi connectivity index (χ1v) is 7.20. The van der Waals surface area contributed by atoms with Gasteiger partial charge < -0.3 is 14.8 Å². The van der Waals surface area contributed by atoms with E-state index in [0.717, 1.165) is 19.4 Å². The van der Waals surface area contributed by atoms with Gasteiger partial charge in [-0.05, 0) is 39.3 Å². The maximum Gasteiger partial charge on any atom is 0.254 e. The molecule has 1 aromatic heterocycles. The number of amides is 1. The molecule has 110 valence electrons. The lowest BCUT2D eigenvalue weighted by Gasteiger charge is -2.29. The zero-order chi connectivity index (χ0) is 14.7. The molecule has 1 aliphatic rings. The van der Waals surface area contributed by atoms with Crippen molar-refractivity contribution in [3.8, 4) is 0 Å². The number of aromatic nitrogens is 1. The molecule has 20 heavy (non-hydrogen) atoms. The number of pyridine rings is 1. The highest BCUT2D eigenvalue weighted by Crippen LogP contribution is 2.12. The highest BCUT2D eigenvalue weighted by molar-refractivity contribution is 5.94. The van der Waals surface area contributed by atoms with Gasteiger partial charge >= 0.3 is 0 Å². The highest BCUT2D eigenvalue weighted by atomic mass is 16.2. The molecule has 1 fully saturated rings. The van der Waals surface area contributed by atoms with Crippen LogP contribution in [0.4, 0.5) is 0 Å². The van der Waals surface area contributed by atoms with Crippen LogP contribution in [0.2, 0.25) is 0 Å². The minimum Gasteiger partial charge on any atom is -0.335 e. The van der Waals surface area contributed by atoms with Crippen molar-refractivity contribution in [1.82, 2.24) is 14.8 Å². The normalized spacial score (nSPS) is 18.5. The van der Waals surface area contributed by atoms with Crippen LogP contribution in [0.3, 0.4) is 0 Å². The molecule has 2 heterocycles. The van der Waals surface area contributed by atoms with Crippen LogP contribution in [-0.4, -0.2) is 40.5 Å². The molecule has 0 spiro atoms. The van der Waals surface area contributed by atoms with Crippen molar-refractivity contribution < 1.29 is 4.79 Å². The van der Waals surface area contributed by atoms with Crippen LogP contribution in [0.15, 0.2) is 23.1 Å². The third-order valence-corrected chi connectivity index (χ3v) is 3.81. The molecule has 0 aromatic carbocycles. The maximum absolute atomic E-state index is 12.6. The fourth-order valence-corrected chi connectivity index (χ4v) is 2.53. The van der Waals surface area contributed by atoms with Gasteiger partial charge in [0.25, 0.3) is 11.5 Å². The second-order valence-corrected chi connectivity index (χ2v) is 5.71. The van der Waals surface area contributed by atoms with Crippen LogP contribution in [0.25, 0.3) is 0 Å². The number of carbonyl (C=O) groups excluding carboxylic acids is 1. The Balaban J connectivity index is 2.17. The standard InChI is InChI=1S/C15H23N3O2/c1-11(2)18(10-13-5-4-7-16-13)15(20)12-6-8-17(3)14(19)9-12/h6,8-9,11,13,16H,4-5,7,10H2,1-3H3. The van der Waals surface area contributed by atoms with E-state index in [1.165, 1.54) is 10.6 Å². The van der Waals surface area contributed by atoms with Gasteiger partial charge in [-0.2, -0.15) is 0 Å². The molecule has 1 unspecified atom stereocenters. The fraction of sp³-hybridized carbons (Fsp3) is 0.600. The Kier molecular flexibility index (Phi) is 4.60. The van der Waals surface area contributed by atoms with Gasteiger partial charge in [0.15, 0.2) is 0 Å². The number of hydrogen-bond donors (Lipinski definition) is 1. The lowest BCUT2D eigenvalue weighted by atomic mass is 10.1. The summed E-state index contributed by atoms with van der Waals surface area (Å²) in [5, 5.41) is 3.41. The molecular formula is C15H23N3O2. The molecule has 1 amide bonds. The Labute approximate surface area is 119 Å². The summed E-state index contributed by atoms with van der Waals surface area (Å²) in [5.41, 5.74) is 0.318. The molecule has 0 bridgehead atoms. The van der Waals surface area contributed by atoms with Crippen LogP contribution in [0, 0.1) is 0 Å². The summed E-state index contributed by atoms with van der Waals surface area (Å²) in [6.07, 6.45) is 3.91. The lowest BCUT2D eigenvalue weighted by molar-refractivity contribution is 0.0688. The summed E-state index contributed by atoms with van der Waals surface area (Å²) in [6.45, 7) is 5.74. The van der Waals surface area contributed by atoms with Crippen LogP contribution in [0.5, 0.6) is 0 Å². The molecule has 1 atom stereocenters. The van der Waals surface area contributed by atoms with Crippen LogP contribution in [-0.2, 0) is 7.05 Å². The number of nitrogens with one attached hydrogen (secondary N) is 1. The number of aryl methyl sites for hydroxylation is 1. The van der Waals surface area contributed by atoms with Crippen LogP contribution in [0.1, 0.15) is 37.0 Å². The van der Waals surface area contributed by atoms with E-state index in [1.54, 1.807) is 19.3 Å². The molecule has 5 nitrogen and oxygen atoms in total. The second-order valence-electron chi connectivity index (χ2n) is 5.71. The van der Waals surface area contributed by atoms with E-state index in [1.807, 2.05) is 18.7 Å². The second kappa shape index (κ2) is 6.22. The molecule has 0 saturated carbocycles. The van der Waals surface area contributed by atoms with E-state index in [2.05, 4.69) is 5.32 Å². The van der Waals surface area contributed by atoms with Crippen LogP contribution >= 0.6 is 0 Å². The lowest BCUT2D eigenvalue weighted by Crippen LogP contribution is -2.45. The van der Waals surface area contributed by atoms with E-state index in [0.29, 0.717) is 18.2 Å². The summed E-state index contributed by atoms with van der Waals surface area (Å²) in [7, 11) is 1.68. The molecule has 1 aliphatic heterocycles. The first kappa shape index (κ1) is 14.8. The zero-order valence-corrected chi connectivity index (χ0v) is 12.4. The van der Waals surface area contributed by atoms with E-state index in [4.69, 9.17) is 0 Å². The predicted octanol–water partition coefficient (Wildman–Crippen LogP) is 0.988. The van der Waals surface area contributed by atoms with Gasteiger partial charge in [0, 0.05) is 43.5 Å². The third-order valence-electron chi connectivity index (χ3n) is 3.81. The summed E-state index contributed by atoms with van der Waals surface area (Å²) in [6, 6.07) is 3.61. The third kappa shape index (κ3) is 3.28. The molecule has 0 aliphatic carbocycles. The highest BCUT2D eigenvalue weighted by Gasteiger charge is 2.24. The van der Waals surface area contributed by atoms with E-state index in [9.17, 15) is 9.59 Å². The molecule has 1 saturated heterocycles. The van der Waals surface area contributed by atoms with Crippen molar-refractivity contribution in [3.63, 3.8) is 0 Å². The zero-order valence-electron chi connectivity index (χ0n) is 12.4. The predicted molar refractivity (Wildman–Crippen MR) is 78.9 cm³/mol. The van der Waals surface area contributed by atoms with Gasteiger partial charge in [-0.3, -0.25) is 9.59 Å². The average molecular weight is 277 g/mol. The summed E-state index contributed by atoms with van der Waals surface area (Å²) in [5.74, 6) is -0.0635. The van der Waals surface area contributed by atoms with Gasteiger partial charge in [0.05, 0.1) is 0 Å². The topological polar surface area (TPSA) is 54.3 Å². The molecule has 0 radical (unpaired) electrons. The van der Waals surface area contributed by atoms with Crippen molar-refractivity contribution in [1.29, 1.82) is 0 Å². The fourth-order valence-electron chi connectivity index (χ4n) is 2.53. The average Bonchev–Trinajstić information content (AvgIpc) is 2.91. The minimum absolute atomic E-state index is 0.0635. The summed E-state index contributed by atoms with van der Waals surface area (Å²) in [4.78, 5) is 26.1. The molecular weight excluding hydrogens is 254 g/mol. The summed E-state index contributed by atoms with van der Waals surface area (Å²) >= 11 is 0. The quantitative estimate of drug-likeness (QED) is 0.893. The van der Waals surface area contributed by atoms with Crippen molar-refractivity contribution in [2.45, 2.75) is 38.8 Å². The monoisotopic (exact) mass is 277 g/mol. The van der Waals surface area contributed by atoms with E-state index < -0.39 is 0 Å². The number of rotatable bonds is 4. The molecule has 5 heteroatoms. The van der Waals surface area contributed by atoms with Gasteiger partial charge in [0.2, 0.25) is 0 Å².